The lowest BCUT2D eigenvalue weighted by Crippen LogP contribution is -2.28. The molecule has 0 aromatic heterocycles. The number of hydrogen-bond acceptors (Lipinski definition) is 2. The molecule has 1 heterocycles. The minimum atomic E-state index is -0.259. The number of alkyl halides is 1. The van der Waals surface area contributed by atoms with Gasteiger partial charge in [-0.1, -0.05) is 34.6 Å². The van der Waals surface area contributed by atoms with E-state index in [1.54, 1.807) is 24.3 Å². The standard InChI is InChI=1S/C13H12BrNO2/c1-9(5-4-8-14)15-12(16)10-6-2-3-7-11(10)13(15)17/h2-3,6-7H,1,4-5,8H2. The molecule has 0 atom stereocenters. The maximum atomic E-state index is 12.0. The highest BCUT2D eigenvalue weighted by molar-refractivity contribution is 9.09. The van der Waals surface area contributed by atoms with E-state index in [1.807, 2.05) is 0 Å². The second kappa shape index (κ2) is 4.84. The Morgan fingerprint density at radius 3 is 2.18 bits per heavy atom. The number of allylic oxidation sites excluding steroid dienone is 1. The fourth-order valence-electron chi connectivity index (χ4n) is 1.86. The summed E-state index contributed by atoms with van der Waals surface area (Å²) in [5, 5.41) is 0.829. The van der Waals surface area contributed by atoms with Gasteiger partial charge in [0.15, 0.2) is 0 Å². The monoisotopic (exact) mass is 293 g/mol. The third-order valence-corrected chi connectivity index (χ3v) is 3.27. The lowest BCUT2D eigenvalue weighted by molar-refractivity contribution is 0.0700. The number of carbonyl (C=O) groups excluding carboxylic acids is 2. The summed E-state index contributed by atoms with van der Waals surface area (Å²) >= 11 is 3.32. The molecule has 1 aromatic rings. The average molecular weight is 294 g/mol. The first-order valence-electron chi connectivity index (χ1n) is 5.38. The highest BCUT2D eigenvalue weighted by atomic mass is 79.9. The molecule has 3 nitrogen and oxygen atoms in total. The number of hydrogen-bond donors (Lipinski definition) is 0. The van der Waals surface area contributed by atoms with E-state index < -0.39 is 0 Å². The second-order valence-electron chi connectivity index (χ2n) is 3.85. The maximum Gasteiger partial charge on any atom is 0.265 e. The minimum absolute atomic E-state index is 0.259. The fraction of sp³-hybridized carbons (Fsp3) is 0.231. The van der Waals surface area contributed by atoms with Crippen LogP contribution in [0.3, 0.4) is 0 Å². The molecule has 0 saturated carbocycles. The van der Waals surface area contributed by atoms with Crippen LogP contribution >= 0.6 is 15.9 Å². The molecule has 0 bridgehead atoms. The van der Waals surface area contributed by atoms with Gasteiger partial charge in [-0.05, 0) is 25.0 Å². The summed E-state index contributed by atoms with van der Waals surface area (Å²) in [5.74, 6) is -0.518. The number of halogens is 1. The zero-order valence-corrected chi connectivity index (χ0v) is 10.9. The number of fused-ring (bicyclic) bond motifs is 1. The molecule has 2 amide bonds. The summed E-state index contributed by atoms with van der Waals surface area (Å²) in [6.45, 7) is 3.82. The van der Waals surface area contributed by atoms with Crippen molar-refractivity contribution in [2.24, 2.45) is 0 Å². The number of carbonyl (C=O) groups is 2. The van der Waals surface area contributed by atoms with Crippen LogP contribution in [-0.4, -0.2) is 22.0 Å². The van der Waals surface area contributed by atoms with Crippen LogP contribution in [0.1, 0.15) is 33.6 Å². The van der Waals surface area contributed by atoms with Crippen LogP contribution in [0.5, 0.6) is 0 Å². The first-order chi connectivity index (χ1) is 8.16. The van der Waals surface area contributed by atoms with Gasteiger partial charge in [-0.3, -0.25) is 9.59 Å². The zero-order valence-electron chi connectivity index (χ0n) is 9.28. The molecular weight excluding hydrogens is 282 g/mol. The molecule has 1 aliphatic heterocycles. The average Bonchev–Trinajstić information content (AvgIpc) is 2.60. The van der Waals surface area contributed by atoms with Crippen LogP contribution in [-0.2, 0) is 0 Å². The molecule has 0 radical (unpaired) electrons. The summed E-state index contributed by atoms with van der Waals surface area (Å²) in [6, 6.07) is 6.87. The maximum absolute atomic E-state index is 12.0. The van der Waals surface area contributed by atoms with Crippen molar-refractivity contribution in [3.63, 3.8) is 0 Å². The molecule has 0 aliphatic carbocycles. The quantitative estimate of drug-likeness (QED) is 0.632. The van der Waals surface area contributed by atoms with Crippen molar-refractivity contribution in [2.45, 2.75) is 12.8 Å². The minimum Gasteiger partial charge on any atom is -0.268 e. The summed E-state index contributed by atoms with van der Waals surface area (Å²) in [6.07, 6.45) is 1.49. The van der Waals surface area contributed by atoms with Crippen LogP contribution < -0.4 is 0 Å². The Kier molecular flexibility index (Phi) is 3.43. The van der Waals surface area contributed by atoms with Gasteiger partial charge in [0.05, 0.1) is 11.1 Å². The highest BCUT2D eigenvalue weighted by Crippen LogP contribution is 2.26. The van der Waals surface area contributed by atoms with Gasteiger partial charge >= 0.3 is 0 Å². The fourth-order valence-corrected chi connectivity index (χ4v) is 2.14. The molecule has 0 fully saturated rings. The SMILES string of the molecule is C=C(CCCBr)N1C(=O)c2ccccc2C1=O. The van der Waals surface area contributed by atoms with Crippen molar-refractivity contribution in [3.8, 4) is 0 Å². The van der Waals surface area contributed by atoms with E-state index in [9.17, 15) is 9.59 Å². The van der Waals surface area contributed by atoms with Crippen LogP contribution in [0.15, 0.2) is 36.5 Å². The number of nitrogens with zero attached hydrogens (tertiary/aromatic N) is 1. The summed E-state index contributed by atoms with van der Waals surface area (Å²) in [4.78, 5) is 25.3. The van der Waals surface area contributed by atoms with Crippen molar-refractivity contribution in [3.05, 3.63) is 47.7 Å². The van der Waals surface area contributed by atoms with Gasteiger partial charge in [0.2, 0.25) is 0 Å². The van der Waals surface area contributed by atoms with E-state index in [-0.39, 0.29) is 11.8 Å². The van der Waals surface area contributed by atoms with Gasteiger partial charge in [-0.25, -0.2) is 4.90 Å². The molecule has 2 rings (SSSR count). The van der Waals surface area contributed by atoms with Gasteiger partial charge in [0, 0.05) is 11.0 Å². The molecule has 17 heavy (non-hydrogen) atoms. The molecular formula is C13H12BrNO2. The van der Waals surface area contributed by atoms with Crippen molar-refractivity contribution in [2.75, 3.05) is 5.33 Å². The third kappa shape index (κ3) is 2.05. The zero-order chi connectivity index (χ0) is 12.4. The lowest BCUT2D eigenvalue weighted by Gasteiger charge is -2.16. The first kappa shape index (κ1) is 12.0. The first-order valence-corrected chi connectivity index (χ1v) is 6.50. The van der Waals surface area contributed by atoms with E-state index in [1.165, 1.54) is 4.90 Å². The molecule has 0 spiro atoms. The highest BCUT2D eigenvalue weighted by Gasteiger charge is 2.36. The number of amides is 2. The van der Waals surface area contributed by atoms with E-state index >= 15 is 0 Å². The molecule has 4 heteroatoms. The predicted octanol–water partition coefficient (Wildman–Crippen LogP) is 2.97. The molecule has 1 aliphatic rings. The van der Waals surface area contributed by atoms with Gasteiger partial charge in [0.25, 0.3) is 11.8 Å². The molecule has 0 N–H and O–H groups in total. The number of imide groups is 1. The van der Waals surface area contributed by atoms with Crippen molar-refractivity contribution < 1.29 is 9.59 Å². The number of benzene rings is 1. The molecule has 88 valence electrons. The summed E-state index contributed by atoms with van der Waals surface area (Å²) in [5.41, 5.74) is 1.51. The molecule has 1 aromatic carbocycles. The Labute approximate surface area is 108 Å². The largest absolute Gasteiger partial charge is 0.268 e. The van der Waals surface area contributed by atoms with Crippen LogP contribution in [0.4, 0.5) is 0 Å². The van der Waals surface area contributed by atoms with E-state index in [0.717, 1.165) is 11.8 Å². The number of rotatable bonds is 4. The lowest BCUT2D eigenvalue weighted by atomic mass is 10.1. The van der Waals surface area contributed by atoms with Crippen LogP contribution in [0, 0.1) is 0 Å². The molecule has 0 saturated heterocycles. The van der Waals surface area contributed by atoms with E-state index in [2.05, 4.69) is 22.5 Å². The van der Waals surface area contributed by atoms with Gasteiger partial charge in [-0.2, -0.15) is 0 Å². The van der Waals surface area contributed by atoms with Crippen molar-refractivity contribution in [1.82, 2.24) is 4.90 Å². The van der Waals surface area contributed by atoms with Gasteiger partial charge in [-0.15, -0.1) is 0 Å². The second-order valence-corrected chi connectivity index (χ2v) is 4.64. The van der Waals surface area contributed by atoms with Crippen molar-refractivity contribution >= 4 is 27.7 Å². The van der Waals surface area contributed by atoms with E-state index in [4.69, 9.17) is 0 Å². The molecule has 0 unspecified atom stereocenters. The topological polar surface area (TPSA) is 37.4 Å². The Balaban J connectivity index is 2.27. The Bertz CT molecular complexity index is 461. The Hall–Kier alpha value is -1.42. The van der Waals surface area contributed by atoms with Crippen molar-refractivity contribution in [1.29, 1.82) is 0 Å². The van der Waals surface area contributed by atoms with Crippen LogP contribution in [0.25, 0.3) is 0 Å². The van der Waals surface area contributed by atoms with E-state index in [0.29, 0.717) is 23.2 Å². The summed E-state index contributed by atoms with van der Waals surface area (Å²) in [7, 11) is 0. The van der Waals surface area contributed by atoms with Gasteiger partial charge < -0.3 is 0 Å². The predicted molar refractivity (Wildman–Crippen MR) is 69.1 cm³/mol. The Morgan fingerprint density at radius 1 is 1.18 bits per heavy atom. The Morgan fingerprint density at radius 2 is 1.71 bits per heavy atom. The smallest absolute Gasteiger partial charge is 0.265 e. The summed E-state index contributed by atoms with van der Waals surface area (Å²) < 4.78 is 0. The normalized spacial score (nSPS) is 14.1. The third-order valence-electron chi connectivity index (χ3n) is 2.71. The van der Waals surface area contributed by atoms with Gasteiger partial charge in [0.1, 0.15) is 0 Å². The van der Waals surface area contributed by atoms with Crippen LogP contribution in [0.2, 0.25) is 0 Å².